The zero-order valence-corrected chi connectivity index (χ0v) is 12.6. The molecule has 3 rings (SSSR count). The third-order valence-corrected chi connectivity index (χ3v) is 4.95. The molecule has 0 radical (unpaired) electrons. The maximum absolute atomic E-state index is 3.42. The van der Waals surface area contributed by atoms with Crippen molar-refractivity contribution >= 4 is 0 Å². The minimum Gasteiger partial charge on any atom is -0.314 e. The van der Waals surface area contributed by atoms with Crippen LogP contribution in [0.15, 0.2) is 24.3 Å². The second-order valence-electron chi connectivity index (χ2n) is 6.42. The van der Waals surface area contributed by atoms with Crippen molar-refractivity contribution in [1.29, 1.82) is 0 Å². The molecule has 1 saturated carbocycles. The first-order chi connectivity index (χ1) is 9.92. The SMILES string of the molecule is c1cc(CCN2CCNCC2)cc(C2CCCCC2)c1. The first-order valence-electron chi connectivity index (χ1n) is 8.44. The Hall–Kier alpha value is -0.860. The van der Waals surface area contributed by atoms with Gasteiger partial charge in [0.1, 0.15) is 0 Å². The highest BCUT2D eigenvalue weighted by molar-refractivity contribution is 5.27. The van der Waals surface area contributed by atoms with Crippen LogP contribution in [0.25, 0.3) is 0 Å². The zero-order valence-electron chi connectivity index (χ0n) is 12.6. The topological polar surface area (TPSA) is 15.3 Å². The summed E-state index contributed by atoms with van der Waals surface area (Å²) in [5, 5.41) is 3.42. The average molecular weight is 272 g/mol. The molecular weight excluding hydrogens is 244 g/mol. The van der Waals surface area contributed by atoms with Gasteiger partial charge < -0.3 is 10.2 Å². The Kier molecular flexibility index (Phi) is 5.10. The summed E-state index contributed by atoms with van der Waals surface area (Å²) >= 11 is 0. The van der Waals surface area contributed by atoms with Crippen molar-refractivity contribution in [2.45, 2.75) is 44.4 Å². The van der Waals surface area contributed by atoms with E-state index in [2.05, 4.69) is 34.5 Å². The van der Waals surface area contributed by atoms with Crippen LogP contribution in [0.2, 0.25) is 0 Å². The fraction of sp³-hybridized carbons (Fsp3) is 0.667. The Morgan fingerprint density at radius 2 is 1.85 bits per heavy atom. The van der Waals surface area contributed by atoms with E-state index in [4.69, 9.17) is 0 Å². The molecule has 110 valence electrons. The van der Waals surface area contributed by atoms with E-state index in [0.29, 0.717) is 0 Å². The van der Waals surface area contributed by atoms with Gasteiger partial charge in [-0.3, -0.25) is 0 Å². The first-order valence-corrected chi connectivity index (χ1v) is 8.44. The fourth-order valence-corrected chi connectivity index (χ4v) is 3.66. The zero-order chi connectivity index (χ0) is 13.6. The van der Waals surface area contributed by atoms with E-state index in [9.17, 15) is 0 Å². The van der Waals surface area contributed by atoms with Gasteiger partial charge in [0.2, 0.25) is 0 Å². The normalized spacial score (nSPS) is 22.0. The van der Waals surface area contributed by atoms with E-state index in [1.165, 1.54) is 63.7 Å². The largest absolute Gasteiger partial charge is 0.314 e. The van der Waals surface area contributed by atoms with Crippen molar-refractivity contribution in [3.63, 3.8) is 0 Å². The molecule has 0 bridgehead atoms. The van der Waals surface area contributed by atoms with E-state index in [0.717, 1.165) is 19.0 Å². The molecular formula is C18H28N2. The molecule has 1 saturated heterocycles. The van der Waals surface area contributed by atoms with Crippen LogP contribution in [0.4, 0.5) is 0 Å². The van der Waals surface area contributed by atoms with Gasteiger partial charge in [0.15, 0.2) is 0 Å². The minimum absolute atomic E-state index is 0.836. The lowest BCUT2D eigenvalue weighted by Crippen LogP contribution is -2.44. The molecule has 1 N–H and O–H groups in total. The molecule has 1 heterocycles. The third-order valence-electron chi connectivity index (χ3n) is 4.95. The van der Waals surface area contributed by atoms with E-state index in [1.807, 2.05) is 0 Å². The van der Waals surface area contributed by atoms with Crippen molar-refractivity contribution in [2.75, 3.05) is 32.7 Å². The minimum atomic E-state index is 0.836. The van der Waals surface area contributed by atoms with Gasteiger partial charge in [-0.15, -0.1) is 0 Å². The summed E-state index contributed by atoms with van der Waals surface area (Å²) in [5.41, 5.74) is 3.13. The highest BCUT2D eigenvalue weighted by atomic mass is 15.2. The quantitative estimate of drug-likeness (QED) is 0.905. The van der Waals surface area contributed by atoms with Gasteiger partial charge in [0.25, 0.3) is 0 Å². The van der Waals surface area contributed by atoms with Gasteiger partial charge in [-0.2, -0.15) is 0 Å². The van der Waals surface area contributed by atoms with Gasteiger partial charge >= 0.3 is 0 Å². The molecule has 0 aromatic heterocycles. The molecule has 0 spiro atoms. The summed E-state index contributed by atoms with van der Waals surface area (Å²) in [6.07, 6.45) is 8.31. The lowest BCUT2D eigenvalue weighted by molar-refractivity contribution is 0.244. The van der Waals surface area contributed by atoms with Crippen LogP contribution in [0.1, 0.15) is 49.1 Å². The summed E-state index contributed by atoms with van der Waals surface area (Å²) in [6.45, 7) is 5.95. The summed E-state index contributed by atoms with van der Waals surface area (Å²) in [4.78, 5) is 2.59. The van der Waals surface area contributed by atoms with Crippen molar-refractivity contribution in [2.24, 2.45) is 0 Å². The maximum Gasteiger partial charge on any atom is 0.0108 e. The second-order valence-corrected chi connectivity index (χ2v) is 6.42. The number of hydrogen-bond donors (Lipinski definition) is 1. The van der Waals surface area contributed by atoms with Crippen molar-refractivity contribution in [3.8, 4) is 0 Å². The Labute approximate surface area is 123 Å². The predicted molar refractivity (Wildman–Crippen MR) is 85.3 cm³/mol. The highest BCUT2D eigenvalue weighted by Crippen LogP contribution is 2.32. The van der Waals surface area contributed by atoms with Crippen molar-refractivity contribution in [1.82, 2.24) is 10.2 Å². The predicted octanol–water partition coefficient (Wildman–Crippen LogP) is 3.18. The summed E-state index contributed by atoms with van der Waals surface area (Å²) in [7, 11) is 0. The molecule has 2 nitrogen and oxygen atoms in total. The van der Waals surface area contributed by atoms with Crippen LogP contribution < -0.4 is 5.32 Å². The number of nitrogens with zero attached hydrogens (tertiary/aromatic N) is 1. The number of nitrogens with one attached hydrogen (secondary N) is 1. The van der Waals surface area contributed by atoms with Crippen molar-refractivity contribution in [3.05, 3.63) is 35.4 Å². The summed E-state index contributed by atoms with van der Waals surface area (Å²) < 4.78 is 0. The molecule has 1 aromatic carbocycles. The Balaban J connectivity index is 1.56. The molecule has 2 fully saturated rings. The van der Waals surface area contributed by atoms with Gasteiger partial charge in [-0.25, -0.2) is 0 Å². The fourth-order valence-electron chi connectivity index (χ4n) is 3.66. The van der Waals surface area contributed by atoms with E-state index < -0.39 is 0 Å². The molecule has 2 heteroatoms. The molecule has 1 aliphatic carbocycles. The average Bonchev–Trinajstić information content (AvgIpc) is 2.55. The molecule has 0 atom stereocenters. The third kappa shape index (κ3) is 3.83. The van der Waals surface area contributed by atoms with Crippen molar-refractivity contribution < 1.29 is 0 Å². The van der Waals surface area contributed by atoms with Gasteiger partial charge in [-0.1, -0.05) is 43.5 Å². The Bertz CT molecular complexity index is 404. The first kappa shape index (κ1) is 14.1. The smallest absolute Gasteiger partial charge is 0.0108 e. The monoisotopic (exact) mass is 272 g/mol. The van der Waals surface area contributed by atoms with Gasteiger partial charge in [-0.05, 0) is 36.3 Å². The molecule has 0 amide bonds. The molecule has 1 aromatic rings. The Morgan fingerprint density at radius 1 is 1.05 bits per heavy atom. The van der Waals surface area contributed by atoms with E-state index in [-0.39, 0.29) is 0 Å². The van der Waals surface area contributed by atoms with E-state index >= 15 is 0 Å². The molecule has 0 unspecified atom stereocenters. The van der Waals surface area contributed by atoms with Crippen LogP contribution in [0.5, 0.6) is 0 Å². The molecule has 20 heavy (non-hydrogen) atoms. The molecule has 2 aliphatic rings. The number of rotatable bonds is 4. The number of piperazine rings is 1. The summed E-state index contributed by atoms with van der Waals surface area (Å²) in [5.74, 6) is 0.836. The highest BCUT2D eigenvalue weighted by Gasteiger charge is 2.15. The maximum atomic E-state index is 3.42. The second kappa shape index (κ2) is 7.24. The van der Waals surface area contributed by atoms with E-state index in [1.54, 1.807) is 5.56 Å². The van der Waals surface area contributed by atoms with Crippen LogP contribution in [-0.4, -0.2) is 37.6 Å². The van der Waals surface area contributed by atoms with Crippen LogP contribution in [-0.2, 0) is 6.42 Å². The van der Waals surface area contributed by atoms with Crippen LogP contribution >= 0.6 is 0 Å². The lowest BCUT2D eigenvalue weighted by Gasteiger charge is -2.27. The number of benzene rings is 1. The van der Waals surface area contributed by atoms with Gasteiger partial charge in [0.05, 0.1) is 0 Å². The van der Waals surface area contributed by atoms with Crippen LogP contribution in [0, 0.1) is 0 Å². The molecule has 1 aliphatic heterocycles. The standard InChI is InChI=1S/C18H28N2/c1-2-6-17(7-3-1)18-8-4-5-16(15-18)9-12-20-13-10-19-11-14-20/h4-5,8,15,17,19H,1-3,6-7,9-14H2. The lowest BCUT2D eigenvalue weighted by atomic mass is 9.83. The number of hydrogen-bond acceptors (Lipinski definition) is 2. The van der Waals surface area contributed by atoms with Gasteiger partial charge in [0, 0.05) is 32.7 Å². The summed E-state index contributed by atoms with van der Waals surface area (Å²) in [6, 6.07) is 9.42. The van der Waals surface area contributed by atoms with Crippen LogP contribution in [0.3, 0.4) is 0 Å². The Morgan fingerprint density at radius 3 is 2.65 bits per heavy atom.